The molecule has 0 bridgehead atoms. The minimum Gasteiger partial charge on any atom is -0.321 e. The number of nitrogens with zero attached hydrogens (tertiary/aromatic N) is 2. The fourth-order valence-electron chi connectivity index (χ4n) is 4.04. The van der Waals surface area contributed by atoms with E-state index in [1.807, 2.05) is 6.07 Å². The number of carbonyl (C=O) groups is 1. The van der Waals surface area contributed by atoms with Crippen molar-refractivity contribution in [3.05, 3.63) is 53.6 Å². The molecule has 1 saturated carbocycles. The predicted molar refractivity (Wildman–Crippen MR) is 102 cm³/mol. The molecule has 0 unspecified atom stereocenters. The third kappa shape index (κ3) is 3.43. The lowest BCUT2D eigenvalue weighted by Crippen LogP contribution is -2.14. The smallest absolute Gasteiger partial charge is 0.321 e. The highest BCUT2D eigenvalue weighted by molar-refractivity contribution is 5.97. The van der Waals surface area contributed by atoms with Gasteiger partial charge in [-0.2, -0.15) is 13.2 Å². The monoisotopic (exact) mass is 386 g/mol. The number of fused-ring (bicyclic) bond motifs is 1. The highest BCUT2D eigenvalue weighted by Crippen LogP contribution is 2.37. The van der Waals surface area contributed by atoms with E-state index in [2.05, 4.69) is 4.57 Å². The van der Waals surface area contributed by atoms with Crippen LogP contribution in [0.1, 0.15) is 61.0 Å². The van der Waals surface area contributed by atoms with Gasteiger partial charge in [0.2, 0.25) is 0 Å². The van der Waals surface area contributed by atoms with Crippen LogP contribution >= 0.6 is 0 Å². The zero-order valence-electron chi connectivity index (χ0n) is 15.6. The molecule has 3 aromatic rings. The maximum atomic E-state index is 12.9. The van der Waals surface area contributed by atoms with Crippen molar-refractivity contribution >= 4 is 16.8 Å². The van der Waals surface area contributed by atoms with Crippen molar-refractivity contribution in [2.75, 3.05) is 0 Å². The van der Waals surface area contributed by atoms with E-state index in [4.69, 9.17) is 4.98 Å². The van der Waals surface area contributed by atoms with Gasteiger partial charge < -0.3 is 4.57 Å². The maximum absolute atomic E-state index is 12.9. The lowest BCUT2D eigenvalue weighted by molar-refractivity contribution is -0.137. The average Bonchev–Trinajstić information content (AvgIpc) is 3.06. The number of ketones is 1. The minimum absolute atomic E-state index is 0.0369. The molecule has 0 amide bonds. The molecule has 3 nitrogen and oxygen atoms in total. The molecule has 0 N–H and O–H groups in total. The van der Waals surface area contributed by atoms with Gasteiger partial charge in [0.25, 0.3) is 0 Å². The molecule has 1 aliphatic rings. The summed E-state index contributed by atoms with van der Waals surface area (Å²) < 4.78 is 40.9. The molecule has 1 aliphatic carbocycles. The van der Waals surface area contributed by atoms with E-state index in [0.717, 1.165) is 43.3 Å². The van der Waals surface area contributed by atoms with Crippen molar-refractivity contribution in [2.24, 2.45) is 0 Å². The van der Waals surface area contributed by atoms with Crippen molar-refractivity contribution in [2.45, 2.75) is 51.2 Å². The molecule has 0 aliphatic heterocycles. The Morgan fingerprint density at radius 3 is 2.32 bits per heavy atom. The number of rotatable bonds is 3. The van der Waals surface area contributed by atoms with E-state index in [0.29, 0.717) is 22.5 Å². The van der Waals surface area contributed by atoms with Crippen LogP contribution in [-0.4, -0.2) is 15.3 Å². The molecular formula is C22H21F3N2O. The van der Waals surface area contributed by atoms with Crippen LogP contribution in [0.4, 0.5) is 13.2 Å². The summed E-state index contributed by atoms with van der Waals surface area (Å²) in [5.74, 6) is 0.626. The van der Waals surface area contributed by atoms with Gasteiger partial charge in [0.05, 0.1) is 16.6 Å². The third-order valence-electron chi connectivity index (χ3n) is 5.51. The normalized spacial score (nSPS) is 15.9. The van der Waals surface area contributed by atoms with Crippen molar-refractivity contribution in [1.82, 2.24) is 9.55 Å². The Bertz CT molecular complexity index is 1010. The molecule has 6 heteroatoms. The standard InChI is InChI=1S/C22H21F3N2O/c1-14(28)16-9-12-20-19(13-16)26-21(27(20)18-5-3-2-4-6-18)15-7-10-17(11-8-15)22(23,24)25/h7-13,18H,2-6H2,1H3. The highest BCUT2D eigenvalue weighted by Gasteiger charge is 2.30. The number of hydrogen-bond acceptors (Lipinski definition) is 2. The fourth-order valence-corrected chi connectivity index (χ4v) is 4.04. The molecule has 4 rings (SSSR count). The Kier molecular flexibility index (Phi) is 4.73. The highest BCUT2D eigenvalue weighted by atomic mass is 19.4. The zero-order chi connectivity index (χ0) is 19.9. The number of alkyl halides is 3. The van der Waals surface area contributed by atoms with Gasteiger partial charge >= 0.3 is 6.18 Å². The van der Waals surface area contributed by atoms with Crippen LogP contribution in [0.15, 0.2) is 42.5 Å². The molecule has 0 saturated heterocycles. The van der Waals surface area contributed by atoms with E-state index >= 15 is 0 Å². The minimum atomic E-state index is -4.36. The first-order valence-corrected chi connectivity index (χ1v) is 9.55. The number of halogens is 3. The van der Waals surface area contributed by atoms with Crippen LogP contribution in [0, 0.1) is 0 Å². The first-order valence-electron chi connectivity index (χ1n) is 9.55. The van der Waals surface area contributed by atoms with Crippen LogP contribution in [0.2, 0.25) is 0 Å². The number of benzene rings is 2. The molecule has 0 radical (unpaired) electrons. The summed E-state index contributed by atoms with van der Waals surface area (Å²) in [5.41, 5.74) is 2.19. The van der Waals surface area contributed by atoms with Gasteiger partial charge in [-0.3, -0.25) is 4.79 Å². The summed E-state index contributed by atoms with van der Waals surface area (Å²) in [7, 11) is 0. The van der Waals surface area contributed by atoms with Gasteiger partial charge in [-0.15, -0.1) is 0 Å². The van der Waals surface area contributed by atoms with Gasteiger partial charge in [-0.05, 0) is 50.1 Å². The lowest BCUT2D eigenvalue weighted by atomic mass is 9.94. The Morgan fingerprint density at radius 2 is 1.71 bits per heavy atom. The second kappa shape index (κ2) is 7.08. The number of Topliss-reactive ketones (excluding diaryl/α,β-unsaturated/α-hetero) is 1. The zero-order valence-corrected chi connectivity index (χ0v) is 15.6. The van der Waals surface area contributed by atoms with Crippen LogP contribution in [0.5, 0.6) is 0 Å². The van der Waals surface area contributed by atoms with Crippen LogP contribution < -0.4 is 0 Å². The lowest BCUT2D eigenvalue weighted by Gasteiger charge is -2.25. The summed E-state index contributed by atoms with van der Waals surface area (Å²) in [5, 5.41) is 0. The van der Waals surface area contributed by atoms with Crippen molar-refractivity contribution in [1.29, 1.82) is 0 Å². The SMILES string of the molecule is CC(=O)c1ccc2c(c1)nc(-c1ccc(C(F)(F)F)cc1)n2C1CCCCC1. The topological polar surface area (TPSA) is 34.9 Å². The molecule has 0 spiro atoms. The van der Waals surface area contributed by atoms with Crippen LogP contribution in [0.3, 0.4) is 0 Å². The predicted octanol–water partition coefficient (Wildman–Crippen LogP) is 6.43. The summed E-state index contributed by atoms with van der Waals surface area (Å²) in [4.78, 5) is 16.5. The molecule has 0 atom stereocenters. The Morgan fingerprint density at radius 1 is 1.04 bits per heavy atom. The first kappa shape index (κ1) is 18.7. The van der Waals surface area contributed by atoms with E-state index in [1.165, 1.54) is 25.5 Å². The van der Waals surface area contributed by atoms with E-state index in [9.17, 15) is 18.0 Å². The van der Waals surface area contributed by atoms with Gasteiger partial charge in [0, 0.05) is 17.2 Å². The molecule has 28 heavy (non-hydrogen) atoms. The second-order valence-corrected chi connectivity index (χ2v) is 7.43. The third-order valence-corrected chi connectivity index (χ3v) is 5.51. The molecule has 1 fully saturated rings. The average molecular weight is 386 g/mol. The summed E-state index contributed by atoms with van der Waals surface area (Å²) in [6, 6.07) is 10.9. The van der Waals surface area contributed by atoms with E-state index < -0.39 is 11.7 Å². The first-order chi connectivity index (χ1) is 13.3. The number of carbonyl (C=O) groups excluding carboxylic acids is 1. The van der Waals surface area contributed by atoms with Crippen molar-refractivity contribution < 1.29 is 18.0 Å². The fraction of sp³-hybridized carbons (Fsp3) is 0.364. The Hall–Kier alpha value is -2.63. The summed E-state index contributed by atoms with van der Waals surface area (Å²) in [6.45, 7) is 1.51. The molecular weight excluding hydrogens is 365 g/mol. The number of imidazole rings is 1. The molecule has 1 aromatic heterocycles. The van der Waals surface area contributed by atoms with Crippen LogP contribution in [0.25, 0.3) is 22.4 Å². The van der Waals surface area contributed by atoms with Crippen molar-refractivity contribution in [3.63, 3.8) is 0 Å². The molecule has 146 valence electrons. The van der Waals surface area contributed by atoms with Gasteiger partial charge in [0.15, 0.2) is 5.78 Å². The number of aromatic nitrogens is 2. The Labute approximate surface area is 161 Å². The maximum Gasteiger partial charge on any atom is 0.416 e. The number of hydrogen-bond donors (Lipinski definition) is 0. The van der Waals surface area contributed by atoms with E-state index in [-0.39, 0.29) is 11.8 Å². The molecule has 2 aromatic carbocycles. The quantitative estimate of drug-likeness (QED) is 0.486. The van der Waals surface area contributed by atoms with Crippen LogP contribution in [-0.2, 0) is 6.18 Å². The van der Waals surface area contributed by atoms with Gasteiger partial charge in [-0.25, -0.2) is 4.98 Å². The van der Waals surface area contributed by atoms with Gasteiger partial charge in [0.1, 0.15) is 5.82 Å². The summed E-state index contributed by atoms with van der Waals surface area (Å²) >= 11 is 0. The largest absolute Gasteiger partial charge is 0.416 e. The van der Waals surface area contributed by atoms with Crippen molar-refractivity contribution in [3.8, 4) is 11.4 Å². The molecule has 1 heterocycles. The Balaban J connectivity index is 1.86. The van der Waals surface area contributed by atoms with E-state index in [1.54, 1.807) is 12.1 Å². The summed E-state index contributed by atoms with van der Waals surface area (Å²) in [6.07, 6.45) is 1.14. The van der Waals surface area contributed by atoms with Gasteiger partial charge in [-0.1, -0.05) is 31.4 Å². The second-order valence-electron chi connectivity index (χ2n) is 7.43.